The molecule has 18 heavy (non-hydrogen) atoms. The Morgan fingerprint density at radius 3 is 2.78 bits per heavy atom. The number of carbonyl (C=O) groups is 1. The molecule has 104 valence electrons. The lowest BCUT2D eigenvalue weighted by Gasteiger charge is -2.40. The molecule has 0 radical (unpaired) electrons. The van der Waals surface area contributed by atoms with Crippen molar-refractivity contribution in [3.63, 3.8) is 0 Å². The van der Waals surface area contributed by atoms with Crippen LogP contribution in [-0.2, 0) is 14.3 Å². The third kappa shape index (κ3) is 3.82. The molecule has 1 aliphatic heterocycles. The summed E-state index contributed by atoms with van der Waals surface area (Å²) in [7, 11) is 1.40. The van der Waals surface area contributed by atoms with Crippen LogP contribution in [0.3, 0.4) is 0 Å². The minimum atomic E-state index is -0.461. The van der Waals surface area contributed by atoms with Gasteiger partial charge < -0.3 is 9.47 Å². The highest BCUT2D eigenvalue weighted by atomic mass is 16.6. The van der Waals surface area contributed by atoms with Crippen LogP contribution in [0.25, 0.3) is 0 Å². The van der Waals surface area contributed by atoms with Crippen LogP contribution in [0, 0.1) is 5.92 Å². The lowest BCUT2D eigenvalue weighted by molar-refractivity contribution is -0.168. The molecular weight excluding hydrogens is 230 g/mol. The van der Waals surface area contributed by atoms with Gasteiger partial charge in [-0.2, -0.15) is 0 Å². The third-order valence-electron chi connectivity index (χ3n) is 3.69. The Labute approximate surface area is 110 Å². The number of hydrogen-bond acceptors (Lipinski definition) is 4. The molecule has 0 aliphatic carbocycles. The number of rotatable bonds is 5. The number of esters is 1. The van der Waals surface area contributed by atoms with E-state index in [1.54, 1.807) is 0 Å². The maximum Gasteiger partial charge on any atom is 0.336 e. The van der Waals surface area contributed by atoms with Gasteiger partial charge in [0.25, 0.3) is 0 Å². The molecule has 0 N–H and O–H groups in total. The first kappa shape index (κ1) is 15.2. The molecule has 0 saturated carbocycles. The lowest BCUT2D eigenvalue weighted by Crippen LogP contribution is -2.54. The number of carbonyl (C=O) groups excluding carboxylic acids is 1. The van der Waals surface area contributed by atoms with Crippen LogP contribution >= 0.6 is 0 Å². The standard InChI is InChI=1S/C14H25NO3/c1-6-7-10(2)12(4)15-8-11(3)18-13(9-15)14(16)17-5/h6,10-13H,1,7-9H2,2-5H3/t10-,11+,12+,13+/m0/s1. The quantitative estimate of drug-likeness (QED) is 0.555. The van der Waals surface area contributed by atoms with Crippen LogP contribution in [0.4, 0.5) is 0 Å². The van der Waals surface area contributed by atoms with Crippen molar-refractivity contribution in [3.05, 3.63) is 12.7 Å². The second kappa shape index (κ2) is 6.90. The Kier molecular flexibility index (Phi) is 5.82. The molecule has 0 spiro atoms. The van der Waals surface area contributed by atoms with Crippen LogP contribution in [0.2, 0.25) is 0 Å². The first-order chi connectivity index (χ1) is 8.49. The molecule has 1 rings (SSSR count). The Balaban J connectivity index is 2.64. The highest BCUT2D eigenvalue weighted by molar-refractivity contribution is 5.75. The molecule has 0 aromatic heterocycles. The van der Waals surface area contributed by atoms with E-state index < -0.39 is 6.10 Å². The molecule has 4 nitrogen and oxygen atoms in total. The van der Waals surface area contributed by atoms with E-state index in [1.807, 2.05) is 13.0 Å². The molecule has 0 aromatic rings. The van der Waals surface area contributed by atoms with Crippen molar-refractivity contribution < 1.29 is 14.3 Å². The number of methoxy groups -OCH3 is 1. The van der Waals surface area contributed by atoms with Crippen molar-refractivity contribution in [2.75, 3.05) is 20.2 Å². The normalized spacial score (nSPS) is 28.4. The van der Waals surface area contributed by atoms with Gasteiger partial charge in [0, 0.05) is 19.1 Å². The number of allylic oxidation sites excluding steroid dienone is 1. The van der Waals surface area contributed by atoms with Gasteiger partial charge in [0.1, 0.15) is 0 Å². The smallest absolute Gasteiger partial charge is 0.336 e. The number of morpholine rings is 1. The summed E-state index contributed by atoms with van der Waals surface area (Å²) < 4.78 is 10.4. The zero-order valence-corrected chi connectivity index (χ0v) is 11.9. The van der Waals surface area contributed by atoms with Gasteiger partial charge in [-0.1, -0.05) is 13.0 Å². The van der Waals surface area contributed by atoms with E-state index >= 15 is 0 Å². The molecule has 1 aliphatic rings. The van der Waals surface area contributed by atoms with Gasteiger partial charge in [0.05, 0.1) is 13.2 Å². The van der Waals surface area contributed by atoms with Crippen molar-refractivity contribution in [1.82, 2.24) is 4.90 Å². The molecule has 0 amide bonds. The summed E-state index contributed by atoms with van der Waals surface area (Å²) in [6, 6.07) is 0.404. The fraction of sp³-hybridized carbons (Fsp3) is 0.786. The van der Waals surface area contributed by atoms with Gasteiger partial charge in [0.15, 0.2) is 6.10 Å². The van der Waals surface area contributed by atoms with Crippen LogP contribution in [0.1, 0.15) is 27.2 Å². The molecule has 1 heterocycles. The zero-order chi connectivity index (χ0) is 13.7. The van der Waals surface area contributed by atoms with Crippen molar-refractivity contribution in [3.8, 4) is 0 Å². The number of ether oxygens (including phenoxy) is 2. The summed E-state index contributed by atoms with van der Waals surface area (Å²) in [5, 5.41) is 0. The Morgan fingerprint density at radius 2 is 2.22 bits per heavy atom. The van der Waals surface area contributed by atoms with E-state index in [0.717, 1.165) is 13.0 Å². The summed E-state index contributed by atoms with van der Waals surface area (Å²) in [4.78, 5) is 13.9. The summed E-state index contributed by atoms with van der Waals surface area (Å²) >= 11 is 0. The van der Waals surface area contributed by atoms with Crippen molar-refractivity contribution in [1.29, 1.82) is 0 Å². The Hall–Kier alpha value is -0.870. The van der Waals surface area contributed by atoms with Crippen molar-refractivity contribution >= 4 is 5.97 Å². The van der Waals surface area contributed by atoms with Gasteiger partial charge in [-0.25, -0.2) is 4.79 Å². The fourth-order valence-electron chi connectivity index (χ4n) is 2.40. The Bertz CT molecular complexity index is 293. The highest BCUT2D eigenvalue weighted by Crippen LogP contribution is 2.20. The van der Waals surface area contributed by atoms with Crippen LogP contribution in [0.15, 0.2) is 12.7 Å². The number of nitrogens with zero attached hydrogens (tertiary/aromatic N) is 1. The summed E-state index contributed by atoms with van der Waals surface area (Å²) in [6.07, 6.45) is 2.52. The van der Waals surface area contributed by atoms with Crippen LogP contribution in [-0.4, -0.2) is 49.3 Å². The first-order valence-corrected chi connectivity index (χ1v) is 6.57. The average Bonchev–Trinajstić information content (AvgIpc) is 2.36. The topological polar surface area (TPSA) is 38.8 Å². The maximum atomic E-state index is 11.6. The lowest BCUT2D eigenvalue weighted by atomic mass is 9.97. The molecule has 0 unspecified atom stereocenters. The van der Waals surface area contributed by atoms with Gasteiger partial charge in [-0.05, 0) is 26.2 Å². The zero-order valence-electron chi connectivity index (χ0n) is 11.9. The van der Waals surface area contributed by atoms with Gasteiger partial charge >= 0.3 is 5.97 Å². The van der Waals surface area contributed by atoms with Crippen LogP contribution in [0.5, 0.6) is 0 Å². The minimum Gasteiger partial charge on any atom is -0.467 e. The summed E-state index contributed by atoms with van der Waals surface area (Å²) in [5.41, 5.74) is 0. The molecule has 4 heteroatoms. The summed E-state index contributed by atoms with van der Waals surface area (Å²) in [5.74, 6) is 0.237. The predicted molar refractivity (Wildman–Crippen MR) is 71.4 cm³/mol. The first-order valence-electron chi connectivity index (χ1n) is 6.57. The molecule has 1 saturated heterocycles. The molecule has 4 atom stereocenters. The van der Waals surface area contributed by atoms with Crippen LogP contribution < -0.4 is 0 Å². The highest BCUT2D eigenvalue weighted by Gasteiger charge is 2.34. The molecule has 0 aromatic carbocycles. The SMILES string of the molecule is C=CC[C@H](C)[C@@H](C)N1C[C@@H](C)O[C@@H](C(=O)OC)C1. The van der Waals surface area contributed by atoms with E-state index in [1.165, 1.54) is 7.11 Å². The average molecular weight is 255 g/mol. The summed E-state index contributed by atoms with van der Waals surface area (Å²) in [6.45, 7) is 11.6. The maximum absolute atomic E-state index is 11.6. The molecular formula is C14H25NO3. The molecule has 0 bridgehead atoms. The monoisotopic (exact) mass is 255 g/mol. The van der Waals surface area contributed by atoms with E-state index in [2.05, 4.69) is 25.3 Å². The van der Waals surface area contributed by atoms with Gasteiger partial charge in [-0.15, -0.1) is 6.58 Å². The van der Waals surface area contributed by atoms with E-state index in [0.29, 0.717) is 18.5 Å². The van der Waals surface area contributed by atoms with E-state index in [4.69, 9.17) is 9.47 Å². The second-order valence-corrected chi connectivity index (χ2v) is 5.15. The van der Waals surface area contributed by atoms with Crippen molar-refractivity contribution in [2.45, 2.75) is 45.4 Å². The fourth-order valence-corrected chi connectivity index (χ4v) is 2.40. The largest absolute Gasteiger partial charge is 0.467 e. The molecule has 1 fully saturated rings. The van der Waals surface area contributed by atoms with Gasteiger partial charge in [0.2, 0.25) is 0 Å². The minimum absolute atomic E-state index is 0.0567. The van der Waals surface area contributed by atoms with E-state index in [-0.39, 0.29) is 12.1 Å². The Morgan fingerprint density at radius 1 is 1.56 bits per heavy atom. The second-order valence-electron chi connectivity index (χ2n) is 5.15. The van der Waals surface area contributed by atoms with Gasteiger partial charge in [-0.3, -0.25) is 4.90 Å². The predicted octanol–water partition coefficient (Wildman–Crippen LogP) is 1.85. The van der Waals surface area contributed by atoms with Crippen molar-refractivity contribution in [2.24, 2.45) is 5.92 Å². The number of hydrogen-bond donors (Lipinski definition) is 0. The third-order valence-corrected chi connectivity index (χ3v) is 3.69. The van der Waals surface area contributed by atoms with E-state index in [9.17, 15) is 4.79 Å².